The van der Waals surface area contributed by atoms with Crippen molar-refractivity contribution in [1.82, 2.24) is 5.32 Å². The number of hydrogen-bond acceptors (Lipinski definition) is 3. The van der Waals surface area contributed by atoms with E-state index in [1.807, 2.05) is 0 Å². The Morgan fingerprint density at radius 2 is 2.11 bits per heavy atom. The zero-order valence-corrected chi connectivity index (χ0v) is 10.3. The molecule has 1 fully saturated rings. The quantitative estimate of drug-likeness (QED) is 0.841. The van der Waals surface area contributed by atoms with E-state index in [1.54, 1.807) is 0 Å². The minimum atomic E-state index is -0.835. The molecule has 1 amide bonds. The number of nitrogens with two attached hydrogens (primary N) is 1. The maximum Gasteiger partial charge on any atom is 0.228 e. The summed E-state index contributed by atoms with van der Waals surface area (Å²) in [4.78, 5) is 11.9. The number of amides is 1. The molecule has 1 heterocycles. The number of ether oxygens (including phenoxy) is 1. The van der Waals surface area contributed by atoms with E-state index in [0.29, 0.717) is 37.2 Å². The molecule has 2 rings (SSSR count). The molecule has 0 unspecified atom stereocenters. The van der Waals surface area contributed by atoms with Gasteiger partial charge in [-0.2, -0.15) is 0 Å². The first-order valence-electron chi connectivity index (χ1n) is 5.95. The molecule has 3 N–H and O–H groups in total. The van der Waals surface area contributed by atoms with Gasteiger partial charge in [-0.05, 0) is 44.1 Å². The Kier molecular flexibility index (Phi) is 3.52. The van der Waals surface area contributed by atoms with E-state index in [-0.39, 0.29) is 5.82 Å². The number of carbonyl (C=O) groups is 1. The van der Waals surface area contributed by atoms with Gasteiger partial charge >= 0.3 is 0 Å². The minimum absolute atomic E-state index is 0.384. The Labute approximate surface area is 105 Å². The first-order valence-corrected chi connectivity index (χ1v) is 5.95. The van der Waals surface area contributed by atoms with Crippen molar-refractivity contribution in [2.24, 2.45) is 5.73 Å². The maximum atomic E-state index is 13.4. The van der Waals surface area contributed by atoms with Gasteiger partial charge in [0.2, 0.25) is 5.91 Å². The van der Waals surface area contributed by atoms with Gasteiger partial charge in [0.25, 0.3) is 0 Å². The van der Waals surface area contributed by atoms with Gasteiger partial charge < -0.3 is 15.8 Å². The van der Waals surface area contributed by atoms with Crippen LogP contribution in [0.25, 0.3) is 0 Å². The van der Waals surface area contributed by atoms with Crippen molar-refractivity contribution in [3.63, 3.8) is 0 Å². The van der Waals surface area contributed by atoms with E-state index < -0.39 is 11.3 Å². The van der Waals surface area contributed by atoms with E-state index in [0.717, 1.165) is 0 Å². The molecule has 0 aromatic heterocycles. The predicted molar refractivity (Wildman–Crippen MR) is 65.9 cm³/mol. The summed E-state index contributed by atoms with van der Waals surface area (Å²) in [6.45, 7) is 1.37. The van der Waals surface area contributed by atoms with Crippen molar-refractivity contribution in [2.75, 3.05) is 20.2 Å². The zero-order chi connectivity index (χ0) is 13.2. The highest BCUT2D eigenvalue weighted by Crippen LogP contribution is 2.39. The smallest absolute Gasteiger partial charge is 0.228 e. The summed E-state index contributed by atoms with van der Waals surface area (Å²) >= 11 is 0. The Hall–Kier alpha value is -1.62. The van der Waals surface area contributed by atoms with Crippen LogP contribution in [0.5, 0.6) is 5.75 Å². The predicted octanol–water partition coefficient (Wildman–Crippen LogP) is 0.941. The highest BCUT2D eigenvalue weighted by Gasteiger charge is 2.41. The van der Waals surface area contributed by atoms with Gasteiger partial charge in [-0.3, -0.25) is 4.79 Å². The molecule has 0 bridgehead atoms. The molecule has 0 saturated carbocycles. The third kappa shape index (κ3) is 2.06. The summed E-state index contributed by atoms with van der Waals surface area (Å²) in [5.74, 6) is -0.296. The molecule has 0 atom stereocenters. The largest absolute Gasteiger partial charge is 0.496 e. The highest BCUT2D eigenvalue weighted by molar-refractivity contribution is 5.87. The third-order valence-corrected chi connectivity index (χ3v) is 3.61. The number of carbonyl (C=O) groups excluding carboxylic acids is 1. The Morgan fingerprint density at radius 1 is 1.44 bits per heavy atom. The van der Waals surface area contributed by atoms with Crippen LogP contribution in [-0.4, -0.2) is 26.1 Å². The Bertz CT molecular complexity index is 456. The molecular weight excluding hydrogens is 235 g/mol. The Balaban J connectivity index is 2.54. The van der Waals surface area contributed by atoms with E-state index in [1.165, 1.54) is 25.3 Å². The van der Waals surface area contributed by atoms with Crippen LogP contribution in [0.15, 0.2) is 18.2 Å². The fraction of sp³-hybridized carbons (Fsp3) is 0.462. The first-order chi connectivity index (χ1) is 8.60. The van der Waals surface area contributed by atoms with Crippen molar-refractivity contribution < 1.29 is 13.9 Å². The lowest BCUT2D eigenvalue weighted by Gasteiger charge is -2.36. The van der Waals surface area contributed by atoms with Crippen LogP contribution in [0.4, 0.5) is 4.39 Å². The van der Waals surface area contributed by atoms with Crippen LogP contribution in [0.3, 0.4) is 0 Å². The molecule has 18 heavy (non-hydrogen) atoms. The SMILES string of the molecule is COc1ccc(F)cc1C1(C(N)=O)CCNCC1. The fourth-order valence-corrected chi connectivity index (χ4v) is 2.56. The topological polar surface area (TPSA) is 64.3 Å². The first kappa shape index (κ1) is 12.8. The van der Waals surface area contributed by atoms with E-state index in [2.05, 4.69) is 5.32 Å². The van der Waals surface area contributed by atoms with Crippen LogP contribution in [-0.2, 0) is 10.2 Å². The lowest BCUT2D eigenvalue weighted by molar-refractivity contribution is -0.124. The molecule has 5 heteroatoms. The Morgan fingerprint density at radius 3 is 2.67 bits per heavy atom. The van der Waals surface area contributed by atoms with Gasteiger partial charge in [0.05, 0.1) is 12.5 Å². The summed E-state index contributed by atoms with van der Waals surface area (Å²) in [7, 11) is 1.51. The highest BCUT2D eigenvalue weighted by atomic mass is 19.1. The average Bonchev–Trinajstić information content (AvgIpc) is 2.39. The lowest BCUT2D eigenvalue weighted by Crippen LogP contribution is -2.49. The van der Waals surface area contributed by atoms with E-state index >= 15 is 0 Å². The standard InChI is InChI=1S/C13H17FN2O2/c1-18-11-3-2-9(14)8-10(11)13(12(15)17)4-6-16-7-5-13/h2-3,8,16H,4-7H2,1H3,(H2,15,17). The second-order valence-electron chi connectivity index (χ2n) is 4.54. The molecule has 1 saturated heterocycles. The summed E-state index contributed by atoms with van der Waals surface area (Å²) < 4.78 is 18.7. The number of hydrogen-bond donors (Lipinski definition) is 2. The van der Waals surface area contributed by atoms with Gasteiger partial charge in [0.1, 0.15) is 11.6 Å². The van der Waals surface area contributed by atoms with Crippen molar-refractivity contribution in [3.8, 4) is 5.75 Å². The van der Waals surface area contributed by atoms with Crippen molar-refractivity contribution in [1.29, 1.82) is 0 Å². The second-order valence-corrected chi connectivity index (χ2v) is 4.54. The van der Waals surface area contributed by atoms with Crippen LogP contribution >= 0.6 is 0 Å². The zero-order valence-electron chi connectivity index (χ0n) is 10.3. The van der Waals surface area contributed by atoms with E-state index in [9.17, 15) is 9.18 Å². The van der Waals surface area contributed by atoms with Crippen molar-refractivity contribution in [3.05, 3.63) is 29.6 Å². The molecule has 1 aromatic rings. The van der Waals surface area contributed by atoms with Crippen LogP contribution in [0.1, 0.15) is 18.4 Å². The summed E-state index contributed by atoms with van der Waals surface area (Å²) in [6.07, 6.45) is 1.12. The average molecular weight is 252 g/mol. The summed E-state index contributed by atoms with van der Waals surface area (Å²) in [6, 6.07) is 4.21. The summed E-state index contributed by atoms with van der Waals surface area (Å²) in [5.41, 5.74) is 5.28. The summed E-state index contributed by atoms with van der Waals surface area (Å²) in [5, 5.41) is 3.17. The van der Waals surface area contributed by atoms with Crippen LogP contribution in [0.2, 0.25) is 0 Å². The molecule has 0 aliphatic carbocycles. The number of primary amides is 1. The van der Waals surface area contributed by atoms with Crippen molar-refractivity contribution in [2.45, 2.75) is 18.3 Å². The number of methoxy groups -OCH3 is 1. The van der Waals surface area contributed by atoms with Gasteiger partial charge in [-0.25, -0.2) is 4.39 Å². The monoisotopic (exact) mass is 252 g/mol. The number of piperidine rings is 1. The van der Waals surface area contributed by atoms with Crippen LogP contribution in [0, 0.1) is 5.82 Å². The molecular formula is C13H17FN2O2. The molecule has 0 radical (unpaired) electrons. The van der Waals surface area contributed by atoms with Gasteiger partial charge in [-0.1, -0.05) is 0 Å². The van der Waals surface area contributed by atoms with Gasteiger partial charge in [-0.15, -0.1) is 0 Å². The number of nitrogens with one attached hydrogen (secondary N) is 1. The third-order valence-electron chi connectivity index (χ3n) is 3.61. The minimum Gasteiger partial charge on any atom is -0.496 e. The van der Waals surface area contributed by atoms with Crippen LogP contribution < -0.4 is 15.8 Å². The lowest BCUT2D eigenvalue weighted by atomic mass is 9.72. The molecule has 1 aliphatic rings. The van der Waals surface area contributed by atoms with Gasteiger partial charge in [0, 0.05) is 5.56 Å². The molecule has 98 valence electrons. The molecule has 1 aliphatic heterocycles. The number of rotatable bonds is 3. The van der Waals surface area contributed by atoms with E-state index in [4.69, 9.17) is 10.5 Å². The fourth-order valence-electron chi connectivity index (χ4n) is 2.56. The van der Waals surface area contributed by atoms with Crippen molar-refractivity contribution >= 4 is 5.91 Å². The number of benzene rings is 1. The normalized spacial score (nSPS) is 18.3. The van der Waals surface area contributed by atoms with Gasteiger partial charge in [0.15, 0.2) is 0 Å². The number of halogens is 1. The molecule has 4 nitrogen and oxygen atoms in total. The maximum absolute atomic E-state index is 13.4. The molecule has 0 spiro atoms. The second kappa shape index (κ2) is 4.94. The molecule has 1 aromatic carbocycles.